The lowest BCUT2D eigenvalue weighted by atomic mass is 10.0. The summed E-state index contributed by atoms with van der Waals surface area (Å²) in [6, 6.07) is 16.5. The normalized spacial score (nSPS) is 13.5. The number of nitrogens with zero attached hydrogens (tertiary/aromatic N) is 2. The van der Waals surface area contributed by atoms with Gasteiger partial charge in [0.25, 0.3) is 11.6 Å². The van der Waals surface area contributed by atoms with E-state index >= 15 is 0 Å². The van der Waals surface area contributed by atoms with E-state index in [2.05, 4.69) is 15.5 Å². The minimum absolute atomic E-state index is 0.0981. The van der Waals surface area contributed by atoms with Crippen LogP contribution < -0.4 is 5.32 Å². The summed E-state index contributed by atoms with van der Waals surface area (Å²) in [4.78, 5) is 17.8. The van der Waals surface area contributed by atoms with Crippen molar-refractivity contribution in [2.24, 2.45) is 0 Å². The lowest BCUT2D eigenvalue weighted by Gasteiger charge is -2.10. The van der Waals surface area contributed by atoms with Gasteiger partial charge in [-0.3, -0.25) is 4.79 Å². The molecule has 0 saturated heterocycles. The van der Waals surface area contributed by atoms with E-state index in [0.29, 0.717) is 39.4 Å². The van der Waals surface area contributed by atoms with Crippen LogP contribution in [0.4, 0.5) is 4.39 Å². The van der Waals surface area contributed by atoms with Crippen LogP contribution in [0.15, 0.2) is 59.1 Å². The molecule has 6 heteroatoms. The molecule has 5 rings (SSSR count). The first-order valence-corrected chi connectivity index (χ1v) is 9.99. The van der Waals surface area contributed by atoms with Gasteiger partial charge in [0.05, 0.1) is 10.9 Å². The highest BCUT2D eigenvalue weighted by atomic mass is 19.1. The Morgan fingerprint density at radius 3 is 2.73 bits per heavy atom. The Morgan fingerprint density at radius 2 is 1.97 bits per heavy atom. The molecule has 0 aliphatic heterocycles. The quantitative estimate of drug-likeness (QED) is 0.502. The number of hydrogen-bond donors (Lipinski definition) is 1. The van der Waals surface area contributed by atoms with Crippen molar-refractivity contribution in [2.45, 2.75) is 32.2 Å². The van der Waals surface area contributed by atoms with Crippen molar-refractivity contribution in [2.75, 3.05) is 0 Å². The van der Waals surface area contributed by atoms with Crippen LogP contribution in [0.25, 0.3) is 22.4 Å². The lowest BCUT2D eigenvalue weighted by Crippen LogP contribution is -2.24. The van der Waals surface area contributed by atoms with Crippen molar-refractivity contribution in [3.63, 3.8) is 0 Å². The SMILES string of the molecule is Cc1cccc(CNC(=O)c2cc(C3CC3)nc3onc(-c4ccccc4)c23)c1F. The Morgan fingerprint density at radius 1 is 1.17 bits per heavy atom. The van der Waals surface area contributed by atoms with Crippen molar-refractivity contribution in [3.05, 3.63) is 82.8 Å². The zero-order valence-corrected chi connectivity index (χ0v) is 16.5. The second-order valence-corrected chi connectivity index (χ2v) is 7.68. The Balaban J connectivity index is 1.55. The van der Waals surface area contributed by atoms with E-state index in [1.807, 2.05) is 36.4 Å². The van der Waals surface area contributed by atoms with Gasteiger partial charge in [-0.15, -0.1) is 0 Å². The zero-order valence-electron chi connectivity index (χ0n) is 16.5. The van der Waals surface area contributed by atoms with Crippen LogP contribution in [0.2, 0.25) is 0 Å². The molecule has 0 atom stereocenters. The summed E-state index contributed by atoms with van der Waals surface area (Å²) in [5.41, 5.74) is 4.06. The first kappa shape index (κ1) is 18.5. The van der Waals surface area contributed by atoms with Crippen LogP contribution in [0.1, 0.15) is 45.9 Å². The van der Waals surface area contributed by atoms with Gasteiger partial charge < -0.3 is 9.84 Å². The van der Waals surface area contributed by atoms with Gasteiger partial charge in [0.1, 0.15) is 11.5 Å². The van der Waals surface area contributed by atoms with E-state index in [4.69, 9.17) is 4.52 Å². The van der Waals surface area contributed by atoms with Gasteiger partial charge in [0.2, 0.25) is 0 Å². The van der Waals surface area contributed by atoms with Gasteiger partial charge in [-0.05, 0) is 31.4 Å². The van der Waals surface area contributed by atoms with Crippen LogP contribution in [0, 0.1) is 12.7 Å². The predicted octanol–water partition coefficient (Wildman–Crippen LogP) is 5.14. The Hall–Kier alpha value is -3.54. The van der Waals surface area contributed by atoms with Crippen LogP contribution in [0.3, 0.4) is 0 Å². The molecular formula is C24H20FN3O2. The summed E-state index contributed by atoms with van der Waals surface area (Å²) < 4.78 is 19.8. The molecule has 0 unspecified atom stereocenters. The molecule has 0 radical (unpaired) electrons. The molecule has 5 nitrogen and oxygen atoms in total. The third kappa shape index (κ3) is 3.34. The number of rotatable bonds is 5. The van der Waals surface area contributed by atoms with Crippen molar-refractivity contribution < 1.29 is 13.7 Å². The number of fused-ring (bicyclic) bond motifs is 1. The maximum atomic E-state index is 14.3. The Kier molecular flexibility index (Phi) is 4.54. The highest BCUT2D eigenvalue weighted by Crippen LogP contribution is 2.41. The number of aromatic nitrogens is 2. The van der Waals surface area contributed by atoms with Crippen molar-refractivity contribution in [1.82, 2.24) is 15.5 Å². The van der Waals surface area contributed by atoms with Gasteiger partial charge in [-0.1, -0.05) is 53.7 Å². The molecule has 0 bridgehead atoms. The van der Waals surface area contributed by atoms with E-state index in [0.717, 1.165) is 24.1 Å². The number of pyridine rings is 1. The number of carbonyl (C=O) groups excluding carboxylic acids is 1. The molecule has 0 spiro atoms. The number of hydrogen-bond acceptors (Lipinski definition) is 4. The standard InChI is InChI=1S/C24H20FN3O2/c1-14-6-5-9-17(21(14)25)13-26-23(29)18-12-19(15-10-11-15)27-24-20(18)22(28-30-24)16-7-3-2-4-8-16/h2-9,12,15H,10-11,13H2,1H3,(H,26,29). The fourth-order valence-electron chi connectivity index (χ4n) is 3.65. The predicted molar refractivity (Wildman–Crippen MR) is 112 cm³/mol. The summed E-state index contributed by atoms with van der Waals surface area (Å²) >= 11 is 0. The topological polar surface area (TPSA) is 68.0 Å². The minimum atomic E-state index is -0.300. The van der Waals surface area contributed by atoms with Gasteiger partial charge in [-0.2, -0.15) is 0 Å². The van der Waals surface area contributed by atoms with Crippen LogP contribution >= 0.6 is 0 Å². The average molecular weight is 401 g/mol. The van der Waals surface area contributed by atoms with Crippen molar-refractivity contribution in [1.29, 1.82) is 0 Å². The first-order valence-electron chi connectivity index (χ1n) is 9.99. The smallest absolute Gasteiger partial charge is 0.259 e. The van der Waals surface area contributed by atoms with Gasteiger partial charge in [0.15, 0.2) is 0 Å². The number of halogens is 1. The van der Waals surface area contributed by atoms with E-state index < -0.39 is 0 Å². The van der Waals surface area contributed by atoms with Gasteiger partial charge in [0, 0.05) is 29.3 Å². The van der Waals surface area contributed by atoms with E-state index in [-0.39, 0.29) is 18.3 Å². The maximum Gasteiger partial charge on any atom is 0.259 e. The Labute approximate surface area is 172 Å². The second-order valence-electron chi connectivity index (χ2n) is 7.68. The molecule has 150 valence electrons. The molecule has 30 heavy (non-hydrogen) atoms. The first-order chi connectivity index (χ1) is 14.6. The molecule has 2 aromatic carbocycles. The van der Waals surface area contributed by atoms with Crippen molar-refractivity contribution in [3.8, 4) is 11.3 Å². The number of aryl methyl sites for hydroxylation is 1. The summed E-state index contributed by atoms with van der Waals surface area (Å²) in [6.45, 7) is 1.80. The van der Waals surface area contributed by atoms with Crippen LogP contribution in [0.5, 0.6) is 0 Å². The van der Waals surface area contributed by atoms with Gasteiger partial charge in [-0.25, -0.2) is 9.37 Å². The van der Waals surface area contributed by atoms with Gasteiger partial charge >= 0.3 is 0 Å². The summed E-state index contributed by atoms with van der Waals surface area (Å²) in [6.07, 6.45) is 2.10. The highest BCUT2D eigenvalue weighted by molar-refractivity contribution is 6.09. The largest absolute Gasteiger partial charge is 0.348 e. The fraction of sp³-hybridized carbons (Fsp3) is 0.208. The molecule has 2 heterocycles. The second kappa shape index (κ2) is 7.37. The summed E-state index contributed by atoms with van der Waals surface area (Å²) in [5.74, 6) is -0.252. The number of nitrogens with one attached hydrogen (secondary N) is 1. The monoisotopic (exact) mass is 401 g/mol. The fourth-order valence-corrected chi connectivity index (χ4v) is 3.65. The van der Waals surface area contributed by atoms with E-state index in [1.165, 1.54) is 0 Å². The number of amides is 1. The zero-order chi connectivity index (χ0) is 20.7. The molecule has 2 aromatic heterocycles. The lowest BCUT2D eigenvalue weighted by molar-refractivity contribution is 0.0952. The molecule has 1 aliphatic rings. The molecule has 1 aliphatic carbocycles. The Bertz CT molecular complexity index is 1250. The van der Waals surface area contributed by atoms with E-state index in [1.54, 1.807) is 25.1 Å². The summed E-state index contributed by atoms with van der Waals surface area (Å²) in [5, 5.41) is 7.63. The molecular weight excluding hydrogens is 381 g/mol. The van der Waals surface area contributed by atoms with E-state index in [9.17, 15) is 9.18 Å². The van der Waals surface area contributed by atoms with Crippen LogP contribution in [-0.4, -0.2) is 16.0 Å². The molecule has 1 fully saturated rings. The molecule has 1 amide bonds. The number of carbonyl (C=O) groups is 1. The van der Waals surface area contributed by atoms with Crippen LogP contribution in [-0.2, 0) is 6.54 Å². The minimum Gasteiger partial charge on any atom is -0.348 e. The maximum absolute atomic E-state index is 14.3. The molecule has 1 saturated carbocycles. The highest BCUT2D eigenvalue weighted by Gasteiger charge is 2.29. The number of benzene rings is 2. The molecule has 4 aromatic rings. The third-order valence-electron chi connectivity index (χ3n) is 5.46. The molecule has 1 N–H and O–H groups in total. The summed E-state index contributed by atoms with van der Waals surface area (Å²) in [7, 11) is 0. The van der Waals surface area contributed by atoms with Crippen molar-refractivity contribution >= 4 is 17.0 Å². The average Bonchev–Trinajstić information content (AvgIpc) is 3.53. The third-order valence-corrected chi connectivity index (χ3v) is 5.46.